The lowest BCUT2D eigenvalue weighted by atomic mass is 9.65. The zero-order chi connectivity index (χ0) is 77.6. The van der Waals surface area contributed by atoms with Crippen LogP contribution < -0.4 is 0 Å². The zero-order valence-electron chi connectivity index (χ0n) is 67.6. The lowest BCUT2D eigenvalue weighted by Crippen LogP contribution is -2.47. The third kappa shape index (κ3) is 15.8. The summed E-state index contributed by atoms with van der Waals surface area (Å²) in [5, 5.41) is 0. The highest BCUT2D eigenvalue weighted by Gasteiger charge is 2.70. The van der Waals surface area contributed by atoms with E-state index in [2.05, 4.69) is 87.6 Å². The van der Waals surface area contributed by atoms with E-state index in [9.17, 15) is 33.6 Å². The van der Waals surface area contributed by atoms with Crippen LogP contribution in [0, 0.1) is 142 Å². The molecule has 0 heterocycles. The molecule has 18 rings (SSSR count). The van der Waals surface area contributed by atoms with Crippen LogP contribution in [-0.4, -0.2) is 88.3 Å². The minimum atomic E-state index is -0.482. The Morgan fingerprint density at radius 3 is 1.21 bits per heavy atom. The van der Waals surface area contributed by atoms with Crippen LogP contribution >= 0.6 is 0 Å². The van der Waals surface area contributed by atoms with Crippen molar-refractivity contribution >= 4 is 41.8 Å². The van der Waals surface area contributed by atoms with E-state index in [-0.39, 0.29) is 69.4 Å². The maximum Gasteiger partial charge on any atom is 0.335 e. The van der Waals surface area contributed by atoms with E-state index in [4.69, 9.17) is 37.9 Å². The number of hydrogen-bond acceptors (Lipinski definition) is 15. The van der Waals surface area contributed by atoms with Crippen LogP contribution in [0.25, 0.3) is 0 Å². The van der Waals surface area contributed by atoms with E-state index in [1.54, 1.807) is 13.8 Å². The van der Waals surface area contributed by atoms with Gasteiger partial charge >= 0.3 is 41.8 Å². The molecule has 18 saturated carbocycles. The molecule has 598 valence electrons. The maximum atomic E-state index is 11.7. The predicted octanol–water partition coefficient (Wildman–Crippen LogP) is 19.5. The fraction of sp³-hybridized carbons (Fsp3) is 0.774. The topological polar surface area (TPSA) is 193 Å². The third-order valence-corrected chi connectivity index (χ3v) is 33.1. The molecule has 0 aromatic heterocycles. The smallest absolute Gasteiger partial charge is 0.335 e. The second kappa shape index (κ2) is 33.2. The van der Waals surface area contributed by atoms with Gasteiger partial charge in [-0.15, -0.1) is 0 Å². The summed E-state index contributed by atoms with van der Waals surface area (Å²) in [6.45, 7) is 42.9. The normalized spacial score (nSPS) is 44.8. The van der Waals surface area contributed by atoms with Crippen molar-refractivity contribution < 1.29 is 71.5 Å². The first-order valence-electron chi connectivity index (χ1n) is 43.2. The van der Waals surface area contributed by atoms with Gasteiger partial charge in [-0.05, 0) is 346 Å². The number of carbonyl (C=O) groups is 7. The minimum Gasteiger partial charge on any atom is -0.456 e. The van der Waals surface area contributed by atoms with Crippen molar-refractivity contribution in [2.24, 2.45) is 142 Å². The average molecular weight is 1490 g/mol. The fourth-order valence-electron chi connectivity index (χ4n) is 29.4. The molecule has 15 nitrogen and oxygen atoms in total. The molecule has 18 aliphatic rings. The summed E-state index contributed by atoms with van der Waals surface area (Å²) in [4.78, 5) is 79.4. The number of ether oxygens (including phenoxy) is 8. The van der Waals surface area contributed by atoms with Crippen molar-refractivity contribution in [3.8, 4) is 0 Å². The molecule has 18 fully saturated rings. The van der Waals surface area contributed by atoms with Gasteiger partial charge < -0.3 is 37.9 Å². The standard InChI is InChI=1S/C17H24O2.C16H22O2.C15H22O2.C14H20O2.C12H18O2.C11H16O2.C8H14O3/c1-3-14(18)19-17(4-2)9-12-8-13(17)16-11-6-5-10(7-11)15(12)16;1-3-13(17)18-16(2)8-11-7-12(16)15-10-5-4-9(6-10)14(11)15;1-3-14(16)17-15(4-2)9-10-8-13(15)12-7-5-6-11(10)12;1-3-13(15)16-14(2)8-9-7-12(14)11-6-4-5-10(9)11;1-3-11(13)14-12(4-2)8-9-5-6-10(12)7-9;1-3-10(12)13-11(2)7-8-4-5-9(11)6-8;1-5-10-7(4)11-8(9)6(2)3/h3,10-13,15-16H,1,4-9H2,2H3;3,9-12,14-15H,1,4-8H2,2H3;3,10-13H,1,4-9H2,2H3;3,9-12H,1,4-8H2,2H3;3,9-10H,1,4-8H2,2H3;3,8-9H,1,4-7H2,2H3;7H,2,5H2,1,3-4H3. The Hall–Kier alpha value is -5.57. The summed E-state index contributed by atoms with van der Waals surface area (Å²) in [6, 6.07) is 0. The van der Waals surface area contributed by atoms with E-state index >= 15 is 0 Å². The average Bonchev–Trinajstić information content (AvgIpc) is 1.58. The zero-order valence-corrected chi connectivity index (χ0v) is 67.6. The van der Waals surface area contributed by atoms with Crippen LogP contribution in [0.3, 0.4) is 0 Å². The summed E-state index contributed by atoms with van der Waals surface area (Å²) >= 11 is 0. The first-order chi connectivity index (χ1) is 51.6. The van der Waals surface area contributed by atoms with Crippen LogP contribution in [0.15, 0.2) is 88.1 Å². The summed E-state index contributed by atoms with van der Waals surface area (Å²) in [5.41, 5.74) is -0.634. The van der Waals surface area contributed by atoms with Crippen molar-refractivity contribution in [1.82, 2.24) is 0 Å². The van der Waals surface area contributed by atoms with Gasteiger partial charge in [-0.2, -0.15) is 0 Å². The monoisotopic (exact) mass is 1490 g/mol. The Balaban J connectivity index is 0.000000119. The molecule has 0 saturated heterocycles. The number of hydrogen-bond donors (Lipinski definition) is 0. The highest BCUT2D eigenvalue weighted by molar-refractivity contribution is 5.87. The molecule has 0 aliphatic heterocycles. The largest absolute Gasteiger partial charge is 0.456 e. The van der Waals surface area contributed by atoms with Gasteiger partial charge in [0.05, 0.1) is 0 Å². The number of carbonyl (C=O) groups excluding carboxylic acids is 7. The van der Waals surface area contributed by atoms with Crippen LogP contribution in [-0.2, 0) is 71.5 Å². The van der Waals surface area contributed by atoms with Crippen LogP contribution in [0.2, 0.25) is 0 Å². The van der Waals surface area contributed by atoms with Gasteiger partial charge in [-0.1, -0.05) is 79.7 Å². The van der Waals surface area contributed by atoms with Crippen LogP contribution in [0.4, 0.5) is 0 Å². The molecule has 0 amide bonds. The molecular weight excluding hydrogens is 1360 g/mol. The lowest BCUT2D eigenvalue weighted by Gasteiger charge is -2.45. The molecule has 15 heteroatoms. The second-order valence-electron chi connectivity index (χ2n) is 38.0. The molecule has 0 aromatic rings. The van der Waals surface area contributed by atoms with Crippen molar-refractivity contribution in [1.29, 1.82) is 0 Å². The Morgan fingerprint density at radius 2 is 0.750 bits per heavy atom. The molecular formula is C93H136O15. The first-order valence-corrected chi connectivity index (χ1v) is 43.2. The summed E-state index contributed by atoms with van der Waals surface area (Å²) in [6.07, 6.45) is 46.7. The lowest BCUT2D eigenvalue weighted by molar-refractivity contribution is -0.169. The molecule has 0 radical (unpaired) electrons. The van der Waals surface area contributed by atoms with Crippen molar-refractivity contribution in [3.63, 3.8) is 0 Å². The van der Waals surface area contributed by atoms with Crippen LogP contribution in [0.1, 0.15) is 261 Å². The Kier molecular flexibility index (Phi) is 25.2. The maximum absolute atomic E-state index is 11.7. The van der Waals surface area contributed by atoms with Crippen molar-refractivity contribution in [2.75, 3.05) is 6.61 Å². The Bertz CT molecular complexity index is 3390. The SMILES string of the molecule is C=C(C)C(=O)OC(C)OCC.C=CC(=O)OC1(C)CC2CC1C1C3CCC(C3)C21.C=CC(=O)OC1(C)CC2CC1C1CCCC21.C=CC(=O)OC1(C)CC2CCC1C2.C=CC(=O)OC1(CC)CC2CC1C1C3CCC(C3)C21.C=CC(=O)OC1(CC)CC2CC1C1CCCC21.C=CC(=O)OC1(CC)CC2CCC1C2. The molecule has 16 bridgehead atoms. The minimum absolute atomic E-state index is 0.145. The van der Waals surface area contributed by atoms with Gasteiger partial charge in [0.15, 0.2) is 6.29 Å². The fourth-order valence-corrected chi connectivity index (χ4v) is 29.4. The van der Waals surface area contributed by atoms with E-state index in [0.717, 1.165) is 164 Å². The Morgan fingerprint density at radius 1 is 0.370 bits per heavy atom. The van der Waals surface area contributed by atoms with Gasteiger partial charge in [0.25, 0.3) is 0 Å². The van der Waals surface area contributed by atoms with Gasteiger partial charge in [0.2, 0.25) is 0 Å². The van der Waals surface area contributed by atoms with Gasteiger partial charge in [-0.3, -0.25) is 0 Å². The number of esters is 7. The van der Waals surface area contributed by atoms with E-state index in [1.807, 2.05) is 6.92 Å². The van der Waals surface area contributed by atoms with Gasteiger partial charge in [-0.25, -0.2) is 33.6 Å². The van der Waals surface area contributed by atoms with E-state index in [0.29, 0.717) is 47.7 Å². The Labute approximate surface area is 647 Å². The molecule has 108 heavy (non-hydrogen) atoms. The summed E-state index contributed by atoms with van der Waals surface area (Å²) in [7, 11) is 0. The third-order valence-electron chi connectivity index (χ3n) is 33.1. The predicted molar refractivity (Wildman–Crippen MR) is 417 cm³/mol. The molecule has 18 aliphatic carbocycles. The highest BCUT2D eigenvalue weighted by Crippen LogP contribution is 2.73. The summed E-state index contributed by atoms with van der Waals surface area (Å²) < 4.78 is 43.8. The second-order valence-corrected chi connectivity index (χ2v) is 38.0. The molecule has 0 aromatic carbocycles. The van der Waals surface area contributed by atoms with Crippen molar-refractivity contribution in [3.05, 3.63) is 88.1 Å². The number of rotatable bonds is 19. The van der Waals surface area contributed by atoms with Gasteiger partial charge in [0.1, 0.15) is 33.6 Å². The number of fused-ring (bicyclic) bond motifs is 32. The summed E-state index contributed by atoms with van der Waals surface area (Å²) in [5.74, 6) is 18.0. The van der Waals surface area contributed by atoms with Crippen molar-refractivity contribution in [2.45, 2.75) is 301 Å². The van der Waals surface area contributed by atoms with E-state index < -0.39 is 12.3 Å². The van der Waals surface area contributed by atoms with E-state index in [1.165, 1.54) is 178 Å². The quantitative estimate of drug-likeness (QED) is 0.0389. The van der Waals surface area contributed by atoms with Gasteiger partial charge in [0, 0.05) is 72.3 Å². The van der Waals surface area contributed by atoms with Crippen LogP contribution in [0.5, 0.6) is 0 Å². The molecule has 31 atom stereocenters. The molecule has 31 unspecified atom stereocenters. The highest BCUT2D eigenvalue weighted by atomic mass is 16.7. The molecule has 0 N–H and O–H groups in total. The molecule has 0 spiro atoms. The first kappa shape index (κ1) is 81.9.